The lowest BCUT2D eigenvalue weighted by Gasteiger charge is -2.30. The molecule has 1 aliphatic rings. The van der Waals surface area contributed by atoms with E-state index < -0.39 is 0 Å². The van der Waals surface area contributed by atoms with Crippen molar-refractivity contribution in [2.24, 2.45) is 17.1 Å². The van der Waals surface area contributed by atoms with E-state index in [-0.39, 0.29) is 5.41 Å². The number of thiocarbonyl (C=S) groups is 1. The maximum atomic E-state index is 5.74. The highest BCUT2D eigenvalue weighted by atomic mass is 32.1. The van der Waals surface area contributed by atoms with E-state index in [0.29, 0.717) is 4.99 Å². The SMILES string of the molecule is CN(CCC(C)(C)C(N)=S)CC1CCOCC1. The summed E-state index contributed by atoms with van der Waals surface area (Å²) in [6.07, 6.45) is 3.42. The van der Waals surface area contributed by atoms with Gasteiger partial charge < -0.3 is 15.4 Å². The lowest BCUT2D eigenvalue weighted by molar-refractivity contribution is 0.0550. The predicted octanol–water partition coefficient (Wildman–Crippen LogP) is 2.05. The smallest absolute Gasteiger partial charge is 0.0784 e. The molecule has 0 aliphatic carbocycles. The van der Waals surface area contributed by atoms with Gasteiger partial charge in [0.2, 0.25) is 0 Å². The van der Waals surface area contributed by atoms with Gasteiger partial charge in [0.25, 0.3) is 0 Å². The van der Waals surface area contributed by atoms with Gasteiger partial charge in [0.05, 0.1) is 4.99 Å². The first-order valence-corrected chi connectivity index (χ1v) is 6.89. The molecule has 1 saturated heterocycles. The van der Waals surface area contributed by atoms with Gasteiger partial charge in [-0.25, -0.2) is 0 Å². The molecule has 3 nitrogen and oxygen atoms in total. The molecule has 0 spiro atoms. The second-order valence-electron chi connectivity index (χ2n) is 5.82. The summed E-state index contributed by atoms with van der Waals surface area (Å²) in [5.41, 5.74) is 5.71. The van der Waals surface area contributed by atoms with Crippen LogP contribution in [0.15, 0.2) is 0 Å². The Balaban J connectivity index is 2.24. The van der Waals surface area contributed by atoms with Crippen LogP contribution in [0.3, 0.4) is 0 Å². The third-order valence-corrected chi connectivity index (χ3v) is 4.25. The summed E-state index contributed by atoms with van der Waals surface area (Å²) < 4.78 is 5.37. The van der Waals surface area contributed by atoms with Crippen molar-refractivity contribution in [3.05, 3.63) is 0 Å². The molecule has 1 fully saturated rings. The van der Waals surface area contributed by atoms with Gasteiger partial charge in [0.15, 0.2) is 0 Å². The molecule has 1 aliphatic heterocycles. The lowest BCUT2D eigenvalue weighted by atomic mass is 9.89. The van der Waals surface area contributed by atoms with Crippen molar-refractivity contribution in [1.29, 1.82) is 0 Å². The van der Waals surface area contributed by atoms with Gasteiger partial charge >= 0.3 is 0 Å². The molecule has 0 aromatic rings. The number of ether oxygens (including phenoxy) is 1. The zero-order valence-electron chi connectivity index (χ0n) is 11.4. The maximum Gasteiger partial charge on any atom is 0.0784 e. The first-order valence-electron chi connectivity index (χ1n) is 6.48. The van der Waals surface area contributed by atoms with Crippen molar-refractivity contribution in [1.82, 2.24) is 4.90 Å². The number of hydrogen-bond acceptors (Lipinski definition) is 3. The molecular weight excluding hydrogens is 232 g/mol. The van der Waals surface area contributed by atoms with Gasteiger partial charge in [-0.2, -0.15) is 0 Å². The lowest BCUT2D eigenvalue weighted by Crippen LogP contribution is -2.36. The van der Waals surface area contributed by atoms with Crippen LogP contribution in [-0.2, 0) is 4.74 Å². The molecule has 0 amide bonds. The van der Waals surface area contributed by atoms with E-state index in [2.05, 4.69) is 25.8 Å². The molecule has 2 N–H and O–H groups in total. The quantitative estimate of drug-likeness (QED) is 0.740. The largest absolute Gasteiger partial charge is 0.393 e. The topological polar surface area (TPSA) is 38.5 Å². The minimum atomic E-state index is -0.0285. The van der Waals surface area contributed by atoms with Gasteiger partial charge in [-0.3, -0.25) is 0 Å². The summed E-state index contributed by atoms with van der Waals surface area (Å²) in [5.74, 6) is 0.793. The van der Waals surface area contributed by atoms with Crippen LogP contribution in [0, 0.1) is 11.3 Å². The Morgan fingerprint density at radius 1 is 1.41 bits per heavy atom. The molecule has 4 heteroatoms. The van der Waals surface area contributed by atoms with Gasteiger partial charge in [-0.15, -0.1) is 0 Å². The average molecular weight is 258 g/mol. The molecule has 0 unspecified atom stereocenters. The van der Waals surface area contributed by atoms with Crippen LogP contribution in [0.25, 0.3) is 0 Å². The van der Waals surface area contributed by atoms with Gasteiger partial charge in [0.1, 0.15) is 0 Å². The molecule has 1 rings (SSSR count). The van der Waals surface area contributed by atoms with Crippen LogP contribution >= 0.6 is 12.2 Å². The molecule has 0 aromatic carbocycles. The van der Waals surface area contributed by atoms with Crippen LogP contribution in [-0.4, -0.2) is 43.2 Å². The normalized spacial score (nSPS) is 18.6. The Hall–Kier alpha value is -0.190. The minimum absolute atomic E-state index is 0.0285. The Bertz CT molecular complexity index is 250. The van der Waals surface area contributed by atoms with Crippen molar-refractivity contribution in [3.63, 3.8) is 0 Å². The minimum Gasteiger partial charge on any atom is -0.393 e. The Morgan fingerprint density at radius 2 is 2.00 bits per heavy atom. The Kier molecular flexibility index (Phi) is 5.83. The van der Waals surface area contributed by atoms with E-state index in [4.69, 9.17) is 22.7 Å². The van der Waals surface area contributed by atoms with Crippen molar-refractivity contribution < 1.29 is 4.74 Å². The monoisotopic (exact) mass is 258 g/mol. The van der Waals surface area contributed by atoms with Gasteiger partial charge in [0, 0.05) is 25.2 Å². The van der Waals surface area contributed by atoms with E-state index >= 15 is 0 Å². The molecule has 0 atom stereocenters. The highest BCUT2D eigenvalue weighted by molar-refractivity contribution is 7.80. The predicted molar refractivity (Wildman–Crippen MR) is 76.2 cm³/mol. The third-order valence-electron chi connectivity index (χ3n) is 3.70. The fourth-order valence-corrected chi connectivity index (χ4v) is 2.16. The van der Waals surface area contributed by atoms with Crippen LogP contribution in [0.1, 0.15) is 33.1 Å². The van der Waals surface area contributed by atoms with Crippen LogP contribution in [0.5, 0.6) is 0 Å². The average Bonchev–Trinajstić information content (AvgIpc) is 2.28. The molecule has 0 bridgehead atoms. The first-order chi connectivity index (χ1) is 7.92. The summed E-state index contributed by atoms with van der Waals surface area (Å²) >= 11 is 5.09. The molecule has 1 heterocycles. The highest BCUT2D eigenvalue weighted by Crippen LogP contribution is 2.22. The fourth-order valence-electron chi connectivity index (χ4n) is 2.05. The third kappa shape index (κ3) is 5.32. The van der Waals surface area contributed by atoms with Crippen LogP contribution in [0.2, 0.25) is 0 Å². The van der Waals surface area contributed by atoms with Crippen molar-refractivity contribution in [2.75, 3.05) is 33.4 Å². The summed E-state index contributed by atoms with van der Waals surface area (Å²) in [5, 5.41) is 0. The van der Waals surface area contributed by atoms with Gasteiger partial charge in [-0.05, 0) is 38.8 Å². The maximum absolute atomic E-state index is 5.74. The molecular formula is C13H26N2OS. The standard InChI is InChI=1S/C13H26N2OS/c1-13(2,12(14)17)6-7-15(3)10-11-4-8-16-9-5-11/h11H,4-10H2,1-3H3,(H2,14,17). The Morgan fingerprint density at radius 3 is 2.53 bits per heavy atom. The van der Waals surface area contributed by atoms with Crippen molar-refractivity contribution >= 4 is 17.2 Å². The van der Waals surface area contributed by atoms with Crippen LogP contribution in [0.4, 0.5) is 0 Å². The summed E-state index contributed by atoms with van der Waals surface area (Å²) in [7, 11) is 2.19. The second kappa shape index (κ2) is 6.66. The van der Waals surface area contributed by atoms with Gasteiger partial charge in [-0.1, -0.05) is 26.1 Å². The summed E-state index contributed by atoms with van der Waals surface area (Å²) in [6, 6.07) is 0. The zero-order valence-corrected chi connectivity index (χ0v) is 12.2. The summed E-state index contributed by atoms with van der Waals surface area (Å²) in [6.45, 7) is 8.32. The fraction of sp³-hybridized carbons (Fsp3) is 0.923. The summed E-state index contributed by atoms with van der Waals surface area (Å²) in [4.78, 5) is 3.02. The van der Waals surface area contributed by atoms with E-state index in [9.17, 15) is 0 Å². The van der Waals surface area contributed by atoms with E-state index in [1.807, 2.05) is 0 Å². The van der Waals surface area contributed by atoms with E-state index in [1.54, 1.807) is 0 Å². The number of hydrogen-bond donors (Lipinski definition) is 1. The number of nitrogens with two attached hydrogens (primary N) is 1. The second-order valence-corrected chi connectivity index (χ2v) is 6.26. The molecule has 17 heavy (non-hydrogen) atoms. The molecule has 100 valence electrons. The van der Waals surface area contributed by atoms with Crippen molar-refractivity contribution in [2.45, 2.75) is 33.1 Å². The zero-order chi connectivity index (χ0) is 12.9. The number of rotatable bonds is 6. The van der Waals surface area contributed by atoms with Crippen LogP contribution < -0.4 is 5.73 Å². The highest BCUT2D eigenvalue weighted by Gasteiger charge is 2.22. The first kappa shape index (κ1) is 14.9. The van der Waals surface area contributed by atoms with E-state index in [0.717, 1.165) is 38.6 Å². The molecule has 0 aromatic heterocycles. The van der Waals surface area contributed by atoms with E-state index in [1.165, 1.54) is 12.8 Å². The molecule has 0 saturated carbocycles. The van der Waals surface area contributed by atoms with Crippen molar-refractivity contribution in [3.8, 4) is 0 Å². The Labute approximate surface area is 111 Å². The number of nitrogens with zero attached hydrogens (tertiary/aromatic N) is 1. The molecule has 0 radical (unpaired) electrons.